The summed E-state index contributed by atoms with van der Waals surface area (Å²) in [4.78, 5) is 23.5. The van der Waals surface area contributed by atoms with E-state index < -0.39 is 17.9 Å². The Kier molecular flexibility index (Phi) is 5.14. The third-order valence-corrected chi connectivity index (χ3v) is 3.08. The van der Waals surface area contributed by atoms with E-state index in [1.165, 1.54) is 0 Å². The van der Waals surface area contributed by atoms with E-state index >= 15 is 0 Å². The number of nitrogens with one attached hydrogen (secondary N) is 1. The molecule has 2 aromatic carbocycles. The molecule has 2 amide bonds. The molecule has 0 radical (unpaired) electrons. The summed E-state index contributed by atoms with van der Waals surface area (Å²) in [5.74, 6) is -0.422. The SMILES string of the molecule is Cc1cccc(OCC(=O)N[C@@H](C(N)=O)c2ccccc2)c1. The number of nitrogens with two attached hydrogens (primary N) is 1. The first-order valence-electron chi connectivity index (χ1n) is 6.89. The van der Waals surface area contributed by atoms with Crippen molar-refractivity contribution < 1.29 is 14.3 Å². The van der Waals surface area contributed by atoms with Crippen LogP contribution in [0.2, 0.25) is 0 Å². The van der Waals surface area contributed by atoms with Crippen LogP contribution in [-0.4, -0.2) is 18.4 Å². The summed E-state index contributed by atoms with van der Waals surface area (Å²) in [6.45, 7) is 1.76. The van der Waals surface area contributed by atoms with Crippen LogP contribution in [0.4, 0.5) is 0 Å². The molecule has 2 aromatic rings. The van der Waals surface area contributed by atoms with Crippen molar-refractivity contribution in [2.75, 3.05) is 6.61 Å². The van der Waals surface area contributed by atoms with Crippen LogP contribution in [0.25, 0.3) is 0 Å². The van der Waals surface area contributed by atoms with Gasteiger partial charge in [0, 0.05) is 0 Å². The summed E-state index contributed by atoms with van der Waals surface area (Å²) >= 11 is 0. The van der Waals surface area contributed by atoms with Crippen molar-refractivity contribution >= 4 is 11.8 Å². The normalized spacial score (nSPS) is 11.5. The molecule has 114 valence electrons. The Morgan fingerprint density at radius 2 is 1.86 bits per heavy atom. The van der Waals surface area contributed by atoms with Gasteiger partial charge in [-0.25, -0.2) is 0 Å². The van der Waals surface area contributed by atoms with Crippen molar-refractivity contribution in [3.63, 3.8) is 0 Å². The highest BCUT2D eigenvalue weighted by atomic mass is 16.5. The van der Waals surface area contributed by atoms with E-state index in [0.29, 0.717) is 11.3 Å². The van der Waals surface area contributed by atoms with Gasteiger partial charge in [-0.15, -0.1) is 0 Å². The second kappa shape index (κ2) is 7.26. The molecule has 0 aliphatic carbocycles. The molecule has 5 heteroatoms. The fourth-order valence-electron chi connectivity index (χ4n) is 2.02. The van der Waals surface area contributed by atoms with Crippen molar-refractivity contribution in [2.24, 2.45) is 5.73 Å². The third-order valence-electron chi connectivity index (χ3n) is 3.08. The summed E-state index contributed by atoms with van der Waals surface area (Å²) in [7, 11) is 0. The average Bonchev–Trinajstić information content (AvgIpc) is 2.51. The Labute approximate surface area is 129 Å². The topological polar surface area (TPSA) is 81.4 Å². The zero-order valence-corrected chi connectivity index (χ0v) is 12.3. The Morgan fingerprint density at radius 3 is 2.50 bits per heavy atom. The lowest BCUT2D eigenvalue weighted by molar-refractivity contribution is -0.128. The van der Waals surface area contributed by atoms with Crippen LogP contribution in [0.3, 0.4) is 0 Å². The van der Waals surface area contributed by atoms with Crippen LogP contribution >= 0.6 is 0 Å². The van der Waals surface area contributed by atoms with Crippen LogP contribution < -0.4 is 15.8 Å². The number of carbonyl (C=O) groups is 2. The molecular formula is C17H18N2O3. The fraction of sp³-hybridized carbons (Fsp3) is 0.176. The van der Waals surface area contributed by atoms with Gasteiger partial charge in [-0.2, -0.15) is 0 Å². The highest BCUT2D eigenvalue weighted by Gasteiger charge is 2.20. The Hall–Kier alpha value is -2.82. The summed E-state index contributed by atoms with van der Waals surface area (Å²) in [5, 5.41) is 2.58. The number of amides is 2. The molecule has 3 N–H and O–H groups in total. The van der Waals surface area contributed by atoms with Gasteiger partial charge in [-0.1, -0.05) is 42.5 Å². The smallest absolute Gasteiger partial charge is 0.258 e. The van der Waals surface area contributed by atoms with Crippen molar-refractivity contribution in [2.45, 2.75) is 13.0 Å². The van der Waals surface area contributed by atoms with E-state index in [1.54, 1.807) is 30.3 Å². The standard InChI is InChI=1S/C17H18N2O3/c1-12-6-5-9-14(10-12)22-11-15(20)19-16(17(18)21)13-7-3-2-4-8-13/h2-10,16H,11H2,1H3,(H2,18,21)(H,19,20)/t16-/m1/s1. The molecule has 1 atom stereocenters. The monoisotopic (exact) mass is 298 g/mol. The minimum Gasteiger partial charge on any atom is -0.484 e. The van der Waals surface area contributed by atoms with E-state index in [0.717, 1.165) is 5.56 Å². The van der Waals surface area contributed by atoms with Crippen LogP contribution in [0, 0.1) is 6.92 Å². The van der Waals surface area contributed by atoms with Crippen molar-refractivity contribution in [3.8, 4) is 5.75 Å². The third kappa shape index (κ3) is 4.34. The molecule has 0 aliphatic rings. The van der Waals surface area contributed by atoms with Gasteiger partial charge >= 0.3 is 0 Å². The first kappa shape index (κ1) is 15.6. The van der Waals surface area contributed by atoms with Crippen molar-refractivity contribution in [1.29, 1.82) is 0 Å². The zero-order chi connectivity index (χ0) is 15.9. The van der Waals surface area contributed by atoms with Crippen molar-refractivity contribution in [3.05, 3.63) is 65.7 Å². The molecule has 0 fully saturated rings. The van der Waals surface area contributed by atoms with Gasteiger partial charge in [0.2, 0.25) is 5.91 Å². The van der Waals surface area contributed by atoms with E-state index in [9.17, 15) is 9.59 Å². The maximum Gasteiger partial charge on any atom is 0.258 e. The first-order chi connectivity index (χ1) is 10.6. The zero-order valence-electron chi connectivity index (χ0n) is 12.3. The molecule has 0 spiro atoms. The molecular weight excluding hydrogens is 280 g/mol. The van der Waals surface area contributed by atoms with Crippen molar-refractivity contribution in [1.82, 2.24) is 5.32 Å². The van der Waals surface area contributed by atoms with Gasteiger partial charge < -0.3 is 15.8 Å². The minimum atomic E-state index is -0.866. The van der Waals surface area contributed by atoms with Crippen LogP contribution in [0.1, 0.15) is 17.2 Å². The van der Waals surface area contributed by atoms with Gasteiger partial charge in [0.15, 0.2) is 6.61 Å². The van der Waals surface area contributed by atoms with E-state index in [2.05, 4.69) is 5.32 Å². The lowest BCUT2D eigenvalue weighted by Crippen LogP contribution is -2.39. The fourth-order valence-corrected chi connectivity index (χ4v) is 2.02. The molecule has 0 aromatic heterocycles. The number of benzene rings is 2. The van der Waals surface area contributed by atoms with Gasteiger partial charge in [0.25, 0.3) is 5.91 Å². The maximum absolute atomic E-state index is 11.9. The van der Waals surface area contributed by atoms with Gasteiger partial charge in [0.1, 0.15) is 11.8 Å². The molecule has 0 saturated carbocycles. The summed E-state index contributed by atoms with van der Waals surface area (Å²) in [6.07, 6.45) is 0. The molecule has 0 heterocycles. The largest absolute Gasteiger partial charge is 0.484 e. The first-order valence-corrected chi connectivity index (χ1v) is 6.89. The number of carbonyl (C=O) groups excluding carboxylic acids is 2. The Balaban J connectivity index is 1.96. The number of hydrogen-bond donors (Lipinski definition) is 2. The lowest BCUT2D eigenvalue weighted by atomic mass is 10.1. The lowest BCUT2D eigenvalue weighted by Gasteiger charge is -2.16. The molecule has 2 rings (SSSR count). The highest BCUT2D eigenvalue weighted by molar-refractivity contribution is 5.88. The molecule has 0 saturated heterocycles. The minimum absolute atomic E-state index is 0.180. The van der Waals surface area contributed by atoms with Crippen LogP contribution in [0.15, 0.2) is 54.6 Å². The molecule has 0 bridgehead atoms. The predicted molar refractivity (Wildman–Crippen MR) is 83.2 cm³/mol. The van der Waals surface area contributed by atoms with Gasteiger partial charge in [0.05, 0.1) is 0 Å². The molecule has 0 aliphatic heterocycles. The summed E-state index contributed by atoms with van der Waals surface area (Å²) < 4.78 is 5.40. The Morgan fingerprint density at radius 1 is 1.14 bits per heavy atom. The highest BCUT2D eigenvalue weighted by Crippen LogP contribution is 2.13. The van der Waals surface area contributed by atoms with Gasteiger partial charge in [-0.3, -0.25) is 9.59 Å². The quantitative estimate of drug-likeness (QED) is 0.852. The van der Waals surface area contributed by atoms with Crippen LogP contribution in [-0.2, 0) is 9.59 Å². The van der Waals surface area contributed by atoms with E-state index in [-0.39, 0.29) is 6.61 Å². The summed E-state index contributed by atoms with van der Waals surface area (Å²) in [5.41, 5.74) is 7.03. The second-order valence-corrected chi connectivity index (χ2v) is 4.92. The number of rotatable bonds is 6. The number of hydrogen-bond acceptors (Lipinski definition) is 3. The second-order valence-electron chi connectivity index (χ2n) is 4.92. The van der Waals surface area contributed by atoms with E-state index in [1.807, 2.05) is 31.2 Å². The average molecular weight is 298 g/mol. The molecule has 22 heavy (non-hydrogen) atoms. The number of primary amides is 1. The van der Waals surface area contributed by atoms with Crippen LogP contribution in [0.5, 0.6) is 5.75 Å². The maximum atomic E-state index is 11.9. The number of aryl methyl sites for hydroxylation is 1. The van der Waals surface area contributed by atoms with Gasteiger partial charge in [-0.05, 0) is 30.2 Å². The molecule has 0 unspecified atom stereocenters. The Bertz CT molecular complexity index is 656. The molecule has 5 nitrogen and oxygen atoms in total. The number of ether oxygens (including phenoxy) is 1. The predicted octanol–water partition coefficient (Wildman–Crippen LogP) is 1.72. The summed E-state index contributed by atoms with van der Waals surface area (Å²) in [6, 6.07) is 15.4. The van der Waals surface area contributed by atoms with E-state index in [4.69, 9.17) is 10.5 Å².